The van der Waals surface area contributed by atoms with Crippen molar-refractivity contribution in [3.8, 4) is 0 Å². The fourth-order valence-electron chi connectivity index (χ4n) is 3.66. The highest BCUT2D eigenvalue weighted by molar-refractivity contribution is 5.96. The smallest absolute Gasteiger partial charge is 0.327 e. The number of esters is 1. The number of carbonyl (C=O) groups is 2. The number of benzene rings is 3. The van der Waals surface area contributed by atoms with Crippen molar-refractivity contribution in [1.82, 2.24) is 9.55 Å². The Kier molecular flexibility index (Phi) is 6.03. The molecule has 0 saturated heterocycles. The first-order valence-electron chi connectivity index (χ1n) is 10.5. The maximum absolute atomic E-state index is 13.2. The molecule has 0 spiro atoms. The first kappa shape index (κ1) is 21.3. The summed E-state index contributed by atoms with van der Waals surface area (Å²) in [6.45, 7) is 5.69. The summed E-state index contributed by atoms with van der Waals surface area (Å²) in [6, 6.07) is 22.5. The largest absolute Gasteiger partial charge is 0.446 e. The van der Waals surface area contributed by atoms with E-state index in [0.717, 1.165) is 22.2 Å². The van der Waals surface area contributed by atoms with Crippen LogP contribution < -0.4 is 5.32 Å². The molecule has 4 rings (SSSR count). The maximum atomic E-state index is 13.2. The third-order valence-electron chi connectivity index (χ3n) is 5.37. The predicted octanol–water partition coefficient (Wildman–Crippen LogP) is 4.88. The van der Waals surface area contributed by atoms with E-state index in [4.69, 9.17) is 4.74 Å². The van der Waals surface area contributed by atoms with Gasteiger partial charge < -0.3 is 14.6 Å². The van der Waals surface area contributed by atoms with Crippen LogP contribution in [0.15, 0.2) is 72.8 Å². The number of hydrogen-bond acceptors (Lipinski definition) is 4. The van der Waals surface area contributed by atoms with Crippen LogP contribution in [-0.4, -0.2) is 21.4 Å². The van der Waals surface area contributed by atoms with E-state index in [1.165, 1.54) is 0 Å². The van der Waals surface area contributed by atoms with Gasteiger partial charge in [0.25, 0.3) is 5.91 Å². The Balaban J connectivity index is 1.58. The highest BCUT2D eigenvalue weighted by Crippen LogP contribution is 2.23. The lowest BCUT2D eigenvalue weighted by Gasteiger charge is -2.19. The zero-order valence-electron chi connectivity index (χ0n) is 18.3. The Labute approximate surface area is 186 Å². The minimum Gasteiger partial charge on any atom is -0.446 e. The molecule has 0 aliphatic carbocycles. The number of nitrogens with one attached hydrogen (secondary N) is 1. The average Bonchev–Trinajstić information content (AvgIpc) is 3.10. The number of hydrogen-bond donors (Lipinski definition) is 1. The van der Waals surface area contributed by atoms with Crippen LogP contribution in [0.4, 0.5) is 5.69 Å². The molecule has 0 saturated carbocycles. The summed E-state index contributed by atoms with van der Waals surface area (Å²) in [6.07, 6.45) is -1.07. The van der Waals surface area contributed by atoms with E-state index in [2.05, 4.69) is 10.3 Å². The molecular weight excluding hydrogens is 402 g/mol. The Morgan fingerprint density at radius 2 is 1.69 bits per heavy atom. The Morgan fingerprint density at radius 3 is 2.47 bits per heavy atom. The second-order valence-electron chi connectivity index (χ2n) is 7.82. The van der Waals surface area contributed by atoms with Gasteiger partial charge in [-0.15, -0.1) is 0 Å². The summed E-state index contributed by atoms with van der Waals surface area (Å²) in [7, 11) is 0. The molecule has 1 amide bonds. The summed E-state index contributed by atoms with van der Waals surface area (Å²) in [5.41, 5.74) is 4.92. The normalized spacial score (nSPS) is 11.8. The van der Waals surface area contributed by atoms with Crippen molar-refractivity contribution in [2.24, 2.45) is 0 Å². The number of fused-ring (bicyclic) bond motifs is 1. The second kappa shape index (κ2) is 9.06. The summed E-state index contributed by atoms with van der Waals surface area (Å²) in [5, 5.41) is 2.92. The van der Waals surface area contributed by atoms with Gasteiger partial charge in [-0.3, -0.25) is 9.59 Å². The average molecular weight is 428 g/mol. The molecule has 162 valence electrons. The number of carbonyl (C=O) groups excluding carboxylic acids is 2. The van der Waals surface area contributed by atoms with Gasteiger partial charge in [0.1, 0.15) is 12.4 Å². The van der Waals surface area contributed by atoms with Crippen LogP contribution in [0.2, 0.25) is 0 Å². The van der Waals surface area contributed by atoms with E-state index in [1.54, 1.807) is 16.7 Å². The van der Waals surface area contributed by atoms with Gasteiger partial charge in [0.2, 0.25) is 6.10 Å². The Hall–Kier alpha value is -3.93. The maximum Gasteiger partial charge on any atom is 0.327 e. The van der Waals surface area contributed by atoms with Gasteiger partial charge in [-0.25, -0.2) is 4.98 Å². The lowest BCUT2D eigenvalue weighted by molar-refractivity contribution is -0.155. The third kappa shape index (κ3) is 4.54. The molecule has 6 heteroatoms. The van der Waals surface area contributed by atoms with Gasteiger partial charge in [-0.2, -0.15) is 0 Å². The summed E-state index contributed by atoms with van der Waals surface area (Å²) < 4.78 is 7.51. The summed E-state index contributed by atoms with van der Waals surface area (Å²) in [5.74, 6) is -0.203. The van der Waals surface area contributed by atoms with Crippen molar-refractivity contribution in [3.05, 3.63) is 95.3 Å². The van der Waals surface area contributed by atoms with Crippen LogP contribution in [-0.2, 0) is 20.9 Å². The molecule has 0 bridgehead atoms. The molecular formula is C26H25N3O3. The van der Waals surface area contributed by atoms with E-state index < -0.39 is 18.0 Å². The van der Waals surface area contributed by atoms with Crippen molar-refractivity contribution in [2.45, 2.75) is 33.4 Å². The molecule has 6 nitrogen and oxygen atoms in total. The summed E-state index contributed by atoms with van der Waals surface area (Å²) >= 11 is 0. The number of amides is 1. The Bertz CT molecular complexity index is 1280. The van der Waals surface area contributed by atoms with Gasteiger partial charge in [0.05, 0.1) is 11.0 Å². The van der Waals surface area contributed by atoms with Gasteiger partial charge >= 0.3 is 5.97 Å². The van der Waals surface area contributed by atoms with Crippen LogP contribution in [0, 0.1) is 20.8 Å². The van der Waals surface area contributed by atoms with Gasteiger partial charge in [-0.05, 0) is 50.1 Å². The molecule has 4 aromatic rings. The molecule has 0 aliphatic heterocycles. The molecule has 3 aromatic carbocycles. The monoisotopic (exact) mass is 427 g/mol. The van der Waals surface area contributed by atoms with Gasteiger partial charge in [0.15, 0.2) is 0 Å². The topological polar surface area (TPSA) is 73.2 Å². The standard InChI is InChI=1S/C26H25N3O3/c1-17-13-14-18(2)22(15-17)28-26(31)25(20-9-5-4-6-10-20)32-24(30)16-29-19(3)27-21-11-7-8-12-23(21)29/h4-15,25H,16H2,1-3H3,(H,28,31). The zero-order chi connectivity index (χ0) is 22.7. The number of para-hydroxylation sites is 2. The molecule has 0 radical (unpaired) electrons. The van der Waals surface area contributed by atoms with Gasteiger partial charge in [0, 0.05) is 11.3 Å². The van der Waals surface area contributed by atoms with Crippen molar-refractivity contribution in [2.75, 3.05) is 5.32 Å². The molecule has 1 unspecified atom stereocenters. The zero-order valence-corrected chi connectivity index (χ0v) is 18.3. The van der Waals surface area contributed by atoms with Crippen LogP contribution >= 0.6 is 0 Å². The molecule has 32 heavy (non-hydrogen) atoms. The Morgan fingerprint density at radius 1 is 0.969 bits per heavy atom. The van der Waals surface area contributed by atoms with E-state index in [-0.39, 0.29) is 6.54 Å². The highest BCUT2D eigenvalue weighted by atomic mass is 16.5. The van der Waals surface area contributed by atoms with Crippen molar-refractivity contribution in [1.29, 1.82) is 0 Å². The van der Waals surface area contributed by atoms with Crippen LogP contribution in [0.25, 0.3) is 11.0 Å². The molecule has 1 N–H and O–H groups in total. The van der Waals surface area contributed by atoms with Crippen LogP contribution in [0.5, 0.6) is 0 Å². The van der Waals surface area contributed by atoms with Crippen LogP contribution in [0.3, 0.4) is 0 Å². The lowest BCUT2D eigenvalue weighted by atomic mass is 10.1. The molecule has 1 aromatic heterocycles. The minimum atomic E-state index is -1.07. The van der Waals surface area contributed by atoms with E-state index in [9.17, 15) is 9.59 Å². The van der Waals surface area contributed by atoms with E-state index >= 15 is 0 Å². The third-order valence-corrected chi connectivity index (χ3v) is 5.37. The van der Waals surface area contributed by atoms with E-state index in [1.807, 2.05) is 81.4 Å². The number of anilines is 1. The van der Waals surface area contributed by atoms with Crippen molar-refractivity contribution in [3.63, 3.8) is 0 Å². The number of ether oxygens (including phenoxy) is 1. The number of rotatable bonds is 6. The lowest BCUT2D eigenvalue weighted by Crippen LogP contribution is -2.27. The fraction of sp³-hybridized carbons (Fsp3) is 0.192. The number of aromatic nitrogens is 2. The SMILES string of the molecule is Cc1ccc(C)c(NC(=O)C(OC(=O)Cn2c(C)nc3ccccc32)c2ccccc2)c1. The quantitative estimate of drug-likeness (QED) is 0.445. The van der Waals surface area contributed by atoms with Crippen LogP contribution in [0.1, 0.15) is 28.6 Å². The number of nitrogens with zero attached hydrogens (tertiary/aromatic N) is 2. The predicted molar refractivity (Wildman–Crippen MR) is 124 cm³/mol. The first-order chi connectivity index (χ1) is 15.4. The first-order valence-corrected chi connectivity index (χ1v) is 10.5. The number of imidazole rings is 1. The van der Waals surface area contributed by atoms with Crippen molar-refractivity contribution < 1.29 is 14.3 Å². The highest BCUT2D eigenvalue weighted by Gasteiger charge is 2.26. The summed E-state index contributed by atoms with van der Waals surface area (Å²) in [4.78, 5) is 30.6. The molecule has 0 aliphatic rings. The molecule has 0 fully saturated rings. The molecule has 1 heterocycles. The fourth-order valence-corrected chi connectivity index (χ4v) is 3.66. The minimum absolute atomic E-state index is 0.0353. The van der Waals surface area contributed by atoms with E-state index in [0.29, 0.717) is 17.1 Å². The van der Waals surface area contributed by atoms with Crippen molar-refractivity contribution >= 4 is 28.6 Å². The number of aryl methyl sites for hydroxylation is 3. The second-order valence-corrected chi connectivity index (χ2v) is 7.82. The molecule has 1 atom stereocenters. The van der Waals surface area contributed by atoms with Gasteiger partial charge in [-0.1, -0.05) is 54.6 Å².